The molecule has 0 spiro atoms. The van der Waals surface area contributed by atoms with E-state index in [1.54, 1.807) is 43.3 Å². The van der Waals surface area contributed by atoms with Crippen LogP contribution < -0.4 is 14.8 Å². The second-order valence-corrected chi connectivity index (χ2v) is 11.0. The molecular formula is C29H34ClN5O3. The zero-order chi connectivity index (χ0) is 27.0. The Morgan fingerprint density at radius 1 is 1.00 bits per heavy atom. The number of piperidine rings is 2. The fourth-order valence-electron chi connectivity index (χ4n) is 5.86. The molecule has 0 aromatic heterocycles. The Kier molecular flexibility index (Phi) is 7.43. The largest absolute Gasteiger partial charge is 0.368 e. The molecule has 5 rings (SSSR count). The molecule has 0 unspecified atom stereocenters. The highest BCUT2D eigenvalue weighted by Crippen LogP contribution is 2.41. The fraction of sp³-hybridized carbons (Fsp3) is 0.448. The van der Waals surface area contributed by atoms with E-state index in [9.17, 15) is 14.9 Å². The molecule has 0 radical (unpaired) electrons. The molecule has 2 atom stereocenters. The van der Waals surface area contributed by atoms with E-state index < -0.39 is 0 Å². The number of nitrogens with zero attached hydrogens (tertiary/aromatic N) is 5. The first kappa shape index (κ1) is 26.2. The van der Waals surface area contributed by atoms with Crippen molar-refractivity contribution in [1.29, 1.82) is 0 Å². The van der Waals surface area contributed by atoms with Gasteiger partial charge in [0.05, 0.1) is 21.9 Å². The average molecular weight is 536 g/mol. The summed E-state index contributed by atoms with van der Waals surface area (Å²) in [5, 5.41) is 18.7. The summed E-state index contributed by atoms with van der Waals surface area (Å²) in [5.41, 5.74) is 3.91. The number of hydrazone groups is 1. The maximum Gasteiger partial charge on any atom is 0.293 e. The van der Waals surface area contributed by atoms with Gasteiger partial charge < -0.3 is 9.80 Å². The molecule has 3 aliphatic rings. The van der Waals surface area contributed by atoms with Crippen molar-refractivity contribution >= 4 is 52.0 Å². The third kappa shape index (κ3) is 5.01. The van der Waals surface area contributed by atoms with Gasteiger partial charge in [0, 0.05) is 47.5 Å². The van der Waals surface area contributed by atoms with Gasteiger partial charge in [-0.05, 0) is 89.6 Å². The standard InChI is InChI=1S/C29H34ClN5O3/c1-19-9-4-6-13-32(19)26-18-27(33-14-7-5-10-20(33)2)28(35(37)38)16-22(26)15-25-21(3)31-34(29(25)36)24-12-8-11-23(30)17-24/h8,11-12,15-20H,4-7,9-10,13-14H2,1-3H3/b25-15+/t19-,20-/m1/s1. The van der Waals surface area contributed by atoms with Gasteiger partial charge in [0.1, 0.15) is 5.69 Å². The van der Waals surface area contributed by atoms with Crippen molar-refractivity contribution in [2.45, 2.75) is 71.4 Å². The molecule has 9 heteroatoms. The Morgan fingerprint density at radius 2 is 1.66 bits per heavy atom. The number of hydrogen-bond donors (Lipinski definition) is 0. The van der Waals surface area contributed by atoms with Crippen LogP contribution in [0.15, 0.2) is 47.1 Å². The molecule has 200 valence electrons. The summed E-state index contributed by atoms with van der Waals surface area (Å²) in [6.07, 6.45) is 8.23. The lowest BCUT2D eigenvalue weighted by molar-refractivity contribution is -0.384. The minimum Gasteiger partial charge on any atom is -0.368 e. The molecule has 2 fully saturated rings. The highest BCUT2D eigenvalue weighted by molar-refractivity contribution is 6.33. The molecule has 0 N–H and O–H groups in total. The van der Waals surface area contributed by atoms with E-state index in [0.29, 0.717) is 39.3 Å². The van der Waals surface area contributed by atoms with Crippen molar-refractivity contribution in [3.8, 4) is 0 Å². The first-order valence-corrected chi connectivity index (χ1v) is 13.9. The van der Waals surface area contributed by atoms with Crippen LogP contribution in [0.5, 0.6) is 0 Å². The molecule has 0 saturated carbocycles. The van der Waals surface area contributed by atoms with Crippen LogP contribution in [-0.2, 0) is 4.79 Å². The van der Waals surface area contributed by atoms with E-state index in [4.69, 9.17) is 11.6 Å². The van der Waals surface area contributed by atoms with Gasteiger partial charge in [-0.15, -0.1) is 0 Å². The number of carbonyl (C=O) groups excluding carboxylic acids is 1. The lowest BCUT2D eigenvalue weighted by Crippen LogP contribution is -2.39. The molecule has 2 aromatic carbocycles. The van der Waals surface area contributed by atoms with Gasteiger partial charge >= 0.3 is 0 Å². The lowest BCUT2D eigenvalue weighted by atomic mass is 9.97. The summed E-state index contributed by atoms with van der Waals surface area (Å²) in [5.74, 6) is -0.279. The molecule has 38 heavy (non-hydrogen) atoms. The highest BCUT2D eigenvalue weighted by Gasteiger charge is 2.33. The van der Waals surface area contributed by atoms with Gasteiger partial charge in [-0.2, -0.15) is 10.1 Å². The molecule has 0 bridgehead atoms. The summed E-state index contributed by atoms with van der Waals surface area (Å²) in [4.78, 5) is 30.1. The van der Waals surface area contributed by atoms with Gasteiger partial charge in [0.25, 0.3) is 11.6 Å². The lowest BCUT2D eigenvalue weighted by Gasteiger charge is -2.39. The van der Waals surface area contributed by atoms with Crippen LogP contribution >= 0.6 is 11.6 Å². The number of hydrogen-bond acceptors (Lipinski definition) is 6. The molecule has 8 nitrogen and oxygen atoms in total. The number of nitro benzene ring substituents is 1. The molecule has 2 saturated heterocycles. The zero-order valence-corrected chi connectivity index (χ0v) is 22.9. The highest BCUT2D eigenvalue weighted by atomic mass is 35.5. The van der Waals surface area contributed by atoms with Crippen molar-refractivity contribution in [3.05, 3.63) is 62.7 Å². The van der Waals surface area contributed by atoms with Gasteiger partial charge in [-0.25, -0.2) is 0 Å². The zero-order valence-electron chi connectivity index (χ0n) is 22.2. The Morgan fingerprint density at radius 3 is 2.26 bits per heavy atom. The van der Waals surface area contributed by atoms with Crippen LogP contribution in [-0.4, -0.2) is 41.7 Å². The van der Waals surface area contributed by atoms with E-state index >= 15 is 0 Å². The van der Waals surface area contributed by atoms with Crippen LogP contribution in [0.1, 0.15) is 64.9 Å². The molecule has 1 amide bonds. The third-order valence-electron chi connectivity index (χ3n) is 7.96. The second kappa shape index (κ2) is 10.8. The second-order valence-electron chi connectivity index (χ2n) is 10.6. The number of rotatable bonds is 5. The fourth-order valence-corrected chi connectivity index (χ4v) is 6.04. The van der Waals surface area contributed by atoms with E-state index in [1.165, 1.54) is 5.01 Å². The van der Waals surface area contributed by atoms with E-state index in [-0.39, 0.29) is 22.6 Å². The number of carbonyl (C=O) groups is 1. The number of benzene rings is 2. The van der Waals surface area contributed by atoms with Crippen molar-refractivity contribution < 1.29 is 9.72 Å². The third-order valence-corrected chi connectivity index (χ3v) is 8.20. The maximum atomic E-state index is 13.5. The minimum atomic E-state index is -0.294. The summed E-state index contributed by atoms with van der Waals surface area (Å²) in [6, 6.07) is 11.2. The summed E-state index contributed by atoms with van der Waals surface area (Å²) < 4.78 is 0. The van der Waals surface area contributed by atoms with Gasteiger partial charge in [0.2, 0.25) is 0 Å². The quantitative estimate of drug-likeness (QED) is 0.238. The Balaban J connectivity index is 1.63. The number of halogens is 1. The summed E-state index contributed by atoms with van der Waals surface area (Å²) in [6.45, 7) is 7.81. The van der Waals surface area contributed by atoms with Crippen molar-refractivity contribution in [2.75, 3.05) is 27.9 Å². The summed E-state index contributed by atoms with van der Waals surface area (Å²) in [7, 11) is 0. The van der Waals surface area contributed by atoms with Crippen LogP contribution in [0, 0.1) is 10.1 Å². The molecule has 3 aliphatic heterocycles. The predicted molar refractivity (Wildman–Crippen MR) is 154 cm³/mol. The van der Waals surface area contributed by atoms with E-state index in [2.05, 4.69) is 28.7 Å². The van der Waals surface area contributed by atoms with Gasteiger partial charge in [-0.1, -0.05) is 17.7 Å². The maximum absolute atomic E-state index is 13.5. The molecular weight excluding hydrogens is 502 g/mol. The van der Waals surface area contributed by atoms with E-state index in [0.717, 1.165) is 57.3 Å². The summed E-state index contributed by atoms with van der Waals surface area (Å²) >= 11 is 6.16. The Bertz CT molecular complexity index is 1320. The average Bonchev–Trinajstić information content (AvgIpc) is 3.17. The number of nitro groups is 1. The smallest absolute Gasteiger partial charge is 0.293 e. The topological polar surface area (TPSA) is 82.3 Å². The van der Waals surface area contributed by atoms with E-state index in [1.807, 2.05) is 6.07 Å². The van der Waals surface area contributed by atoms with Crippen molar-refractivity contribution in [3.63, 3.8) is 0 Å². The minimum absolute atomic E-state index is 0.0748. The normalized spacial score (nSPS) is 23.3. The predicted octanol–water partition coefficient (Wildman–Crippen LogP) is 6.81. The molecule has 2 aromatic rings. The van der Waals surface area contributed by atoms with Crippen molar-refractivity contribution in [2.24, 2.45) is 5.10 Å². The monoisotopic (exact) mass is 535 g/mol. The van der Waals surface area contributed by atoms with Crippen LogP contribution in [0.2, 0.25) is 5.02 Å². The van der Waals surface area contributed by atoms with Crippen molar-refractivity contribution in [1.82, 2.24) is 0 Å². The van der Waals surface area contributed by atoms with Crippen LogP contribution in [0.3, 0.4) is 0 Å². The Labute approximate surface area is 228 Å². The van der Waals surface area contributed by atoms with Gasteiger partial charge in [-0.3, -0.25) is 14.9 Å². The first-order valence-electron chi connectivity index (χ1n) is 13.5. The van der Waals surface area contributed by atoms with Gasteiger partial charge in [0.15, 0.2) is 0 Å². The molecule has 3 heterocycles. The Hall–Kier alpha value is -3.39. The first-order chi connectivity index (χ1) is 18.2. The SMILES string of the molecule is CC1=NN(c2cccc(Cl)c2)C(=O)/C1=C/c1cc([N+](=O)[O-])c(N2CCCC[C@H]2C)cc1N1CCCC[C@H]1C. The van der Waals surface area contributed by atoms with Crippen LogP contribution in [0.25, 0.3) is 6.08 Å². The number of amides is 1. The molecule has 0 aliphatic carbocycles. The number of anilines is 3. The van der Waals surface area contributed by atoms with Crippen LogP contribution in [0.4, 0.5) is 22.7 Å².